The minimum Gasteiger partial charge on any atom is -0.463 e. The third-order valence-electron chi connectivity index (χ3n) is 14.4. The van der Waals surface area contributed by atoms with Crippen LogP contribution in [0.2, 0.25) is 0 Å². The minimum atomic E-state index is -4.96. The molecular weight excluding hydrogens is 1270 g/mol. The molecule has 0 amide bonds. The molecule has 16 nitrogen and oxygen atoms in total. The fourth-order valence-corrected chi connectivity index (χ4v) is 10.5. The van der Waals surface area contributed by atoms with E-state index < -0.39 is 91.5 Å². The summed E-state index contributed by atoms with van der Waals surface area (Å²) in [6, 6.07) is 0. The van der Waals surface area contributed by atoms with Gasteiger partial charge in [0, 0.05) is 19.3 Å². The van der Waals surface area contributed by atoms with E-state index in [1.807, 2.05) is 18.2 Å². The van der Waals surface area contributed by atoms with Crippen LogP contribution in [0.4, 0.5) is 0 Å². The van der Waals surface area contributed by atoms with Crippen molar-refractivity contribution >= 4 is 33.6 Å². The van der Waals surface area contributed by atoms with Crippen molar-refractivity contribution in [1.82, 2.24) is 0 Å². The van der Waals surface area contributed by atoms with E-state index in [1.165, 1.54) is 25.7 Å². The number of phosphoric acid groups is 2. The van der Waals surface area contributed by atoms with E-state index in [0.717, 1.165) is 161 Å². The van der Waals surface area contributed by atoms with E-state index in [2.05, 4.69) is 173 Å². The number of aliphatic hydroxyl groups excluding tert-OH is 2. The maximum atomic E-state index is 13.0. The first kappa shape index (κ1) is 91.9. The monoisotopic (exact) mass is 1390 g/mol. The molecule has 97 heavy (non-hydrogen) atoms. The summed E-state index contributed by atoms with van der Waals surface area (Å²) >= 11 is 0. The van der Waals surface area contributed by atoms with Crippen LogP contribution in [0, 0.1) is 0 Å². The lowest BCUT2D eigenvalue weighted by Crippen LogP contribution is -2.30. The first-order valence-corrected chi connectivity index (χ1v) is 39.4. The lowest BCUT2D eigenvalue weighted by Gasteiger charge is -2.21. The molecule has 0 heterocycles. The van der Waals surface area contributed by atoms with Crippen molar-refractivity contribution in [3.8, 4) is 0 Å². The Hall–Kier alpha value is -5.09. The van der Waals surface area contributed by atoms with Gasteiger partial charge in [-0.2, -0.15) is 0 Å². The van der Waals surface area contributed by atoms with Gasteiger partial charge in [-0.3, -0.25) is 32.5 Å². The Kier molecular flexibility index (Phi) is 67.0. The van der Waals surface area contributed by atoms with E-state index >= 15 is 0 Å². The summed E-state index contributed by atoms with van der Waals surface area (Å²) < 4.78 is 60.9. The van der Waals surface area contributed by atoms with Crippen LogP contribution in [0.1, 0.15) is 252 Å². The van der Waals surface area contributed by atoms with Crippen LogP contribution in [-0.2, 0) is 55.8 Å². The van der Waals surface area contributed by atoms with E-state index in [1.54, 1.807) is 0 Å². The first-order valence-electron chi connectivity index (χ1n) is 36.4. The van der Waals surface area contributed by atoms with Crippen molar-refractivity contribution in [2.24, 2.45) is 0 Å². The van der Waals surface area contributed by atoms with Crippen LogP contribution in [0.5, 0.6) is 0 Å². The lowest BCUT2D eigenvalue weighted by atomic mass is 10.1. The highest BCUT2D eigenvalue weighted by atomic mass is 31.2. The molecule has 0 aromatic heterocycles. The number of aliphatic hydroxyl groups is 2. The molecular formula is C79H128O16P2. The zero-order chi connectivity index (χ0) is 70.9. The summed E-state index contributed by atoms with van der Waals surface area (Å²) in [4.78, 5) is 58.5. The molecule has 0 saturated heterocycles. The Morgan fingerprint density at radius 1 is 0.299 bits per heavy atom. The van der Waals surface area contributed by atoms with Gasteiger partial charge in [-0.1, -0.05) is 262 Å². The van der Waals surface area contributed by atoms with Gasteiger partial charge < -0.3 is 34.2 Å². The van der Waals surface area contributed by atoms with Crippen LogP contribution in [0.25, 0.3) is 0 Å². The zero-order valence-corrected chi connectivity index (χ0v) is 61.5. The summed E-state index contributed by atoms with van der Waals surface area (Å²) in [5, 5.41) is 20.6. The number of esters is 3. The third-order valence-corrected chi connectivity index (χ3v) is 16.3. The van der Waals surface area contributed by atoms with Crippen molar-refractivity contribution in [3.63, 3.8) is 0 Å². The highest BCUT2D eigenvalue weighted by Crippen LogP contribution is 2.45. The van der Waals surface area contributed by atoms with Crippen LogP contribution >= 0.6 is 15.6 Å². The Labute approximate surface area is 586 Å². The number of allylic oxidation sites excluding steroid dienone is 28. The van der Waals surface area contributed by atoms with Gasteiger partial charge in [0.2, 0.25) is 0 Å². The molecule has 0 aliphatic rings. The quantitative estimate of drug-likeness (QED) is 0.0146. The molecule has 0 aliphatic heterocycles. The van der Waals surface area contributed by atoms with Gasteiger partial charge in [-0.25, -0.2) is 9.13 Å². The predicted molar refractivity (Wildman–Crippen MR) is 398 cm³/mol. The molecule has 5 atom stereocenters. The molecule has 550 valence electrons. The largest absolute Gasteiger partial charge is 0.472 e. The molecule has 4 N–H and O–H groups in total. The number of ether oxygens (including phenoxy) is 3. The van der Waals surface area contributed by atoms with Crippen molar-refractivity contribution in [2.45, 2.75) is 270 Å². The topological polar surface area (TPSA) is 231 Å². The van der Waals surface area contributed by atoms with Crippen molar-refractivity contribution in [3.05, 3.63) is 170 Å². The molecule has 0 radical (unpaired) electrons. The molecule has 0 spiro atoms. The summed E-state index contributed by atoms with van der Waals surface area (Å²) in [5.41, 5.74) is 0. The highest BCUT2D eigenvalue weighted by molar-refractivity contribution is 7.47. The number of hydrogen-bond donors (Lipinski definition) is 4. The fraction of sp³-hybridized carbons (Fsp3) is 0.608. The van der Waals surface area contributed by atoms with Gasteiger partial charge in [0.15, 0.2) is 6.10 Å². The third kappa shape index (κ3) is 72.0. The Bertz CT molecular complexity index is 2440. The summed E-state index contributed by atoms with van der Waals surface area (Å²) in [7, 11) is -9.83. The second-order valence-electron chi connectivity index (χ2n) is 23.6. The molecule has 0 fully saturated rings. The van der Waals surface area contributed by atoms with E-state index in [4.69, 9.17) is 32.3 Å². The molecule has 0 rings (SSSR count). The second-order valence-corrected chi connectivity index (χ2v) is 26.5. The van der Waals surface area contributed by atoms with E-state index in [9.17, 15) is 43.5 Å². The zero-order valence-electron chi connectivity index (χ0n) is 59.7. The minimum absolute atomic E-state index is 0.0346. The first-order chi connectivity index (χ1) is 47.2. The molecule has 0 aliphatic carbocycles. The Morgan fingerprint density at radius 3 is 0.928 bits per heavy atom. The molecule has 0 aromatic carbocycles. The SMILES string of the molecule is CC/C=C\C/C=C\C/C=C\C/C=C\C/C=C\C/C=C\CCC(=O)OCC(COP(=O)(O)OCC(O)COP(=O)(O)OCC(O)COC(=O)CCCCCCCCC/C=C\C/C=C\C/C=C\C/C=C\CCCCC)OC(=O)CCCCCCCC/C=C\C/C=C\C/C=C\C/C=C\CC. The van der Waals surface area contributed by atoms with Gasteiger partial charge in [0.25, 0.3) is 0 Å². The number of rotatable bonds is 67. The van der Waals surface area contributed by atoms with Crippen molar-refractivity contribution < 1.29 is 75.8 Å². The maximum Gasteiger partial charge on any atom is 0.472 e. The van der Waals surface area contributed by atoms with Crippen LogP contribution < -0.4 is 0 Å². The standard InChI is InChI=1S/C79H128O16P2/c1-4-7-10-13-16-19-22-25-28-31-34-35-36-37-40-42-44-47-50-53-56-59-62-65-77(82)89-68-74(80)69-91-96(85,86)92-70-75(81)71-93-97(87,88)94-73-76(95-79(84)67-64-61-58-55-52-49-46-43-39-33-30-27-24-21-18-15-12-9-6-3)72-90-78(83)66-63-60-57-54-51-48-45-41-38-32-29-26-23-20-17-14-11-8-5-2/h8-9,11-12,16-21,25-30,34-35,37-41,43,48,51,57,60,74-76,80-81H,4-7,10,13-15,22-24,31-33,36,42,44-47,49-50,52-56,58-59,61-73H2,1-3H3,(H,85,86)(H,87,88)/b11-8-,12-9-,19-16-,20-17-,21-18-,28-25-,29-26-,30-27-,35-34-,40-37-,41-38-,43-39-,51-48-,60-57-. The van der Waals surface area contributed by atoms with Crippen molar-refractivity contribution in [1.29, 1.82) is 0 Å². The molecule has 0 saturated carbocycles. The van der Waals surface area contributed by atoms with Gasteiger partial charge in [0.05, 0.1) is 26.4 Å². The van der Waals surface area contributed by atoms with Crippen LogP contribution in [0.15, 0.2) is 170 Å². The van der Waals surface area contributed by atoms with Crippen LogP contribution in [0.3, 0.4) is 0 Å². The number of carbonyl (C=O) groups excluding carboxylic acids is 3. The Balaban J connectivity index is 4.77. The van der Waals surface area contributed by atoms with Gasteiger partial charge in [-0.05, 0) is 141 Å². The summed E-state index contributed by atoms with van der Waals surface area (Å²) in [6.45, 7) is 2.27. The average molecular weight is 1400 g/mol. The predicted octanol–water partition coefficient (Wildman–Crippen LogP) is 20.9. The lowest BCUT2D eigenvalue weighted by molar-refractivity contribution is -0.161. The molecule has 0 bridgehead atoms. The van der Waals surface area contributed by atoms with Gasteiger partial charge in [0.1, 0.15) is 25.4 Å². The normalized spacial score (nSPS) is 15.1. The second kappa shape index (κ2) is 70.8. The van der Waals surface area contributed by atoms with E-state index in [-0.39, 0.29) is 19.3 Å². The Morgan fingerprint density at radius 2 is 0.567 bits per heavy atom. The summed E-state index contributed by atoms with van der Waals surface area (Å²) in [6.07, 6.45) is 88.4. The molecule has 18 heteroatoms. The average Bonchev–Trinajstić information content (AvgIpc) is 1.62. The van der Waals surface area contributed by atoms with Crippen molar-refractivity contribution in [2.75, 3.05) is 39.6 Å². The number of unbranched alkanes of at least 4 members (excludes halogenated alkanes) is 16. The smallest absolute Gasteiger partial charge is 0.463 e. The number of phosphoric ester groups is 2. The van der Waals surface area contributed by atoms with Crippen LogP contribution in [-0.4, -0.2) is 95.9 Å². The van der Waals surface area contributed by atoms with Gasteiger partial charge in [-0.15, -0.1) is 0 Å². The van der Waals surface area contributed by atoms with Gasteiger partial charge >= 0.3 is 33.6 Å². The fourth-order valence-electron chi connectivity index (χ4n) is 8.92. The van der Waals surface area contributed by atoms with E-state index in [0.29, 0.717) is 25.7 Å². The number of carbonyl (C=O) groups is 3. The number of hydrogen-bond acceptors (Lipinski definition) is 14. The molecule has 5 unspecified atom stereocenters. The highest BCUT2D eigenvalue weighted by Gasteiger charge is 2.29. The maximum absolute atomic E-state index is 13.0. The molecule has 0 aromatic rings. The summed E-state index contributed by atoms with van der Waals surface area (Å²) in [5.74, 6) is -1.71.